The average Bonchev–Trinajstić information content (AvgIpc) is 3.40. The number of imide groups is 2. The molecule has 2 saturated heterocycles. The Hall–Kier alpha value is -2.74. The zero-order valence-electron chi connectivity index (χ0n) is 21.2. The summed E-state index contributed by atoms with van der Waals surface area (Å²) in [4.78, 5) is 57.1. The highest BCUT2D eigenvalue weighted by Gasteiger charge is 2.64. The van der Waals surface area contributed by atoms with Gasteiger partial charge in [0, 0.05) is 11.1 Å². The molecule has 1 aromatic heterocycles. The Morgan fingerprint density at radius 2 is 1.40 bits per heavy atom. The first-order valence-corrected chi connectivity index (χ1v) is 12.4. The Labute approximate surface area is 205 Å². The van der Waals surface area contributed by atoms with E-state index in [0.717, 1.165) is 5.57 Å². The van der Waals surface area contributed by atoms with Crippen LogP contribution in [0.3, 0.4) is 0 Å². The van der Waals surface area contributed by atoms with Gasteiger partial charge in [-0.25, -0.2) is 0 Å². The average molecular weight is 483 g/mol. The van der Waals surface area contributed by atoms with Gasteiger partial charge in [-0.15, -0.1) is 0 Å². The van der Waals surface area contributed by atoms with E-state index >= 15 is 0 Å². The van der Waals surface area contributed by atoms with Crippen molar-refractivity contribution in [3.8, 4) is 0 Å². The minimum absolute atomic E-state index is 0.160. The molecular weight excluding hydrogens is 448 g/mol. The summed E-state index contributed by atoms with van der Waals surface area (Å²) in [7, 11) is 0. The minimum Gasteiger partial charge on any atom is -0.463 e. The molecule has 2 aliphatic heterocycles. The van der Waals surface area contributed by atoms with Crippen molar-refractivity contribution < 1.29 is 28.7 Å². The summed E-state index contributed by atoms with van der Waals surface area (Å²) in [5.41, 5.74) is -0.415. The molecule has 8 nitrogen and oxygen atoms in total. The van der Waals surface area contributed by atoms with Gasteiger partial charge in [0.1, 0.15) is 18.1 Å². The smallest absolute Gasteiger partial charge is 0.234 e. The number of allylic oxidation sites excluding steroid dienone is 2. The van der Waals surface area contributed by atoms with Crippen molar-refractivity contribution in [1.29, 1.82) is 0 Å². The number of aliphatic hydroxyl groups excluding tert-OH is 1. The zero-order valence-corrected chi connectivity index (χ0v) is 21.2. The van der Waals surface area contributed by atoms with Gasteiger partial charge in [-0.05, 0) is 72.4 Å². The predicted molar refractivity (Wildman–Crippen MR) is 125 cm³/mol. The Morgan fingerprint density at radius 3 is 1.94 bits per heavy atom. The first kappa shape index (κ1) is 24.0. The van der Waals surface area contributed by atoms with Gasteiger partial charge in [0.05, 0.1) is 29.6 Å². The fraction of sp³-hybridized carbons (Fsp3) is 0.630. The molecule has 1 aromatic rings. The van der Waals surface area contributed by atoms with Gasteiger partial charge in [-0.2, -0.15) is 0 Å². The molecule has 1 saturated carbocycles. The van der Waals surface area contributed by atoms with Crippen LogP contribution in [0.5, 0.6) is 0 Å². The molecule has 0 aromatic carbocycles. The van der Waals surface area contributed by atoms with Crippen LogP contribution in [0.2, 0.25) is 0 Å². The van der Waals surface area contributed by atoms with E-state index in [9.17, 15) is 24.3 Å². The Balaban J connectivity index is 1.63. The Kier molecular flexibility index (Phi) is 5.23. The van der Waals surface area contributed by atoms with Crippen molar-refractivity contribution in [2.24, 2.45) is 29.6 Å². The van der Waals surface area contributed by atoms with Crippen LogP contribution in [0, 0.1) is 29.6 Å². The molecule has 35 heavy (non-hydrogen) atoms. The van der Waals surface area contributed by atoms with Gasteiger partial charge >= 0.3 is 0 Å². The molecule has 6 unspecified atom stereocenters. The standard InChI is InChI=1S/C27H34N2O6/c1-26(2,3)28-22(31)15-9-8-14-16(19(15)24(28)33)11-17-21(20(14)18-10-7-13(12-30)35-18)25(34)29(23(17)32)27(4,5)6/h7-8,10,15-17,19-21,30H,9,11-12H2,1-6H3. The summed E-state index contributed by atoms with van der Waals surface area (Å²) in [6.45, 7) is 10.8. The monoisotopic (exact) mass is 482 g/mol. The molecule has 4 aliphatic rings. The molecule has 5 rings (SSSR count). The van der Waals surface area contributed by atoms with E-state index < -0.39 is 40.7 Å². The van der Waals surface area contributed by atoms with Gasteiger partial charge in [0.2, 0.25) is 23.6 Å². The quantitative estimate of drug-likeness (QED) is 0.513. The van der Waals surface area contributed by atoms with Crippen LogP contribution in [0.25, 0.3) is 0 Å². The number of furan rings is 1. The Morgan fingerprint density at radius 1 is 0.829 bits per heavy atom. The van der Waals surface area contributed by atoms with Crippen molar-refractivity contribution in [2.45, 2.75) is 78.0 Å². The minimum atomic E-state index is -0.681. The van der Waals surface area contributed by atoms with Crippen molar-refractivity contribution in [1.82, 2.24) is 9.80 Å². The second kappa shape index (κ2) is 7.63. The highest BCUT2D eigenvalue weighted by atomic mass is 16.4. The molecule has 3 heterocycles. The molecule has 0 bridgehead atoms. The fourth-order valence-electron chi connectivity index (χ4n) is 6.87. The van der Waals surface area contributed by atoms with Gasteiger partial charge in [0.15, 0.2) is 0 Å². The second-order valence-corrected chi connectivity index (χ2v) is 12.4. The molecule has 0 spiro atoms. The lowest BCUT2D eigenvalue weighted by Gasteiger charge is -2.43. The number of fused-ring (bicyclic) bond motifs is 4. The fourth-order valence-corrected chi connectivity index (χ4v) is 6.87. The first-order valence-electron chi connectivity index (χ1n) is 12.4. The van der Waals surface area contributed by atoms with Crippen molar-refractivity contribution >= 4 is 23.6 Å². The van der Waals surface area contributed by atoms with Gasteiger partial charge in [0.25, 0.3) is 0 Å². The van der Waals surface area contributed by atoms with E-state index in [-0.39, 0.29) is 36.2 Å². The van der Waals surface area contributed by atoms with Crippen LogP contribution >= 0.6 is 0 Å². The normalized spacial score (nSPS) is 33.2. The molecule has 8 heteroatoms. The number of likely N-dealkylation sites (tertiary alicyclic amines) is 2. The van der Waals surface area contributed by atoms with E-state index in [2.05, 4.69) is 0 Å². The van der Waals surface area contributed by atoms with Gasteiger partial charge < -0.3 is 9.52 Å². The van der Waals surface area contributed by atoms with Crippen LogP contribution in [0.15, 0.2) is 28.2 Å². The van der Waals surface area contributed by atoms with E-state index in [1.165, 1.54) is 9.80 Å². The summed E-state index contributed by atoms with van der Waals surface area (Å²) in [6.07, 6.45) is 2.78. The maximum atomic E-state index is 13.7. The summed E-state index contributed by atoms with van der Waals surface area (Å²) < 4.78 is 5.93. The summed E-state index contributed by atoms with van der Waals surface area (Å²) in [5.74, 6) is -3.00. The van der Waals surface area contributed by atoms with E-state index in [0.29, 0.717) is 24.4 Å². The molecule has 0 radical (unpaired) electrons. The molecule has 2 aliphatic carbocycles. The van der Waals surface area contributed by atoms with Crippen LogP contribution in [-0.2, 0) is 25.8 Å². The highest BCUT2D eigenvalue weighted by Crippen LogP contribution is 2.58. The summed E-state index contributed by atoms with van der Waals surface area (Å²) in [6, 6.07) is 3.43. The van der Waals surface area contributed by atoms with Gasteiger partial charge in [-0.3, -0.25) is 29.0 Å². The van der Waals surface area contributed by atoms with Crippen molar-refractivity contribution in [3.05, 3.63) is 35.3 Å². The largest absolute Gasteiger partial charge is 0.463 e. The molecule has 6 atom stereocenters. The molecule has 4 amide bonds. The number of carbonyl (C=O) groups is 4. The van der Waals surface area contributed by atoms with Gasteiger partial charge in [-0.1, -0.05) is 11.6 Å². The predicted octanol–water partition coefficient (Wildman–Crippen LogP) is 3.00. The summed E-state index contributed by atoms with van der Waals surface area (Å²) >= 11 is 0. The lowest BCUT2D eigenvalue weighted by Crippen LogP contribution is -2.47. The maximum Gasteiger partial charge on any atom is 0.234 e. The molecule has 3 fully saturated rings. The number of hydrogen-bond donors (Lipinski definition) is 1. The second-order valence-electron chi connectivity index (χ2n) is 12.4. The molecule has 1 N–H and O–H groups in total. The first-order chi connectivity index (χ1) is 16.3. The highest BCUT2D eigenvalue weighted by molar-refractivity contribution is 6.08. The van der Waals surface area contributed by atoms with Crippen molar-refractivity contribution in [2.75, 3.05) is 0 Å². The number of carbonyl (C=O) groups excluding carboxylic acids is 4. The third-order valence-corrected chi connectivity index (χ3v) is 8.13. The Bertz CT molecular complexity index is 1150. The number of rotatable bonds is 2. The van der Waals surface area contributed by atoms with Crippen LogP contribution < -0.4 is 0 Å². The lowest BCUT2D eigenvalue weighted by atomic mass is 9.58. The van der Waals surface area contributed by atoms with E-state index in [4.69, 9.17) is 4.42 Å². The number of aliphatic hydroxyl groups is 1. The van der Waals surface area contributed by atoms with Crippen LogP contribution in [0.1, 0.15) is 71.8 Å². The van der Waals surface area contributed by atoms with E-state index in [1.54, 1.807) is 12.1 Å². The van der Waals surface area contributed by atoms with Crippen LogP contribution in [0.4, 0.5) is 0 Å². The number of hydrogen-bond acceptors (Lipinski definition) is 6. The van der Waals surface area contributed by atoms with Crippen molar-refractivity contribution in [3.63, 3.8) is 0 Å². The number of nitrogens with zero attached hydrogens (tertiary/aromatic N) is 2. The third-order valence-electron chi connectivity index (χ3n) is 8.13. The SMILES string of the molecule is CC(C)(C)N1C(=O)C2CC=C3C(CC4C(=O)N(C(C)(C)C)C(=O)C4C3c3ccc(CO)o3)C2C1=O. The number of amides is 4. The zero-order chi connectivity index (χ0) is 25.6. The molecule has 188 valence electrons. The van der Waals surface area contributed by atoms with Crippen LogP contribution in [-0.4, -0.2) is 49.6 Å². The molecular formula is C27H34N2O6. The topological polar surface area (TPSA) is 108 Å². The van der Waals surface area contributed by atoms with E-state index in [1.807, 2.05) is 47.6 Å². The lowest BCUT2D eigenvalue weighted by molar-refractivity contribution is -0.147. The third kappa shape index (κ3) is 3.36. The summed E-state index contributed by atoms with van der Waals surface area (Å²) in [5, 5.41) is 9.58. The maximum absolute atomic E-state index is 13.7.